The summed E-state index contributed by atoms with van der Waals surface area (Å²) in [4.78, 5) is 15.2. The second kappa shape index (κ2) is 3.94. The molecule has 3 aromatic rings. The number of carboxylic acid groups (broad SMARTS) is 1. The van der Waals surface area contributed by atoms with Gasteiger partial charge in [-0.15, -0.1) is 0 Å². The number of imidazole rings is 1. The van der Waals surface area contributed by atoms with Crippen molar-refractivity contribution in [1.29, 1.82) is 0 Å². The molecule has 0 atom stereocenters. The van der Waals surface area contributed by atoms with Crippen molar-refractivity contribution in [3.63, 3.8) is 0 Å². The molecule has 0 aliphatic heterocycles. The van der Waals surface area contributed by atoms with Gasteiger partial charge in [0.25, 0.3) is 0 Å². The monoisotopic (exact) mass is 257 g/mol. The maximum atomic E-state index is 10.8. The Labute approximate surface area is 108 Å². The molecule has 1 aromatic carbocycles. The van der Waals surface area contributed by atoms with E-state index >= 15 is 0 Å². The lowest BCUT2D eigenvalue weighted by atomic mass is 10.1. The van der Waals surface area contributed by atoms with Gasteiger partial charge in [0, 0.05) is 18.7 Å². The lowest BCUT2D eigenvalue weighted by molar-refractivity contribution is 0.0686. The van der Waals surface area contributed by atoms with Crippen LogP contribution in [-0.4, -0.2) is 25.8 Å². The highest BCUT2D eigenvalue weighted by Gasteiger charge is 2.13. The van der Waals surface area contributed by atoms with E-state index in [9.17, 15) is 4.79 Å². The van der Waals surface area contributed by atoms with Gasteiger partial charge in [0.1, 0.15) is 5.82 Å². The first-order valence-corrected chi connectivity index (χ1v) is 5.70. The van der Waals surface area contributed by atoms with Crippen LogP contribution in [0.3, 0.4) is 0 Å². The van der Waals surface area contributed by atoms with E-state index in [1.54, 1.807) is 0 Å². The highest BCUT2D eigenvalue weighted by Crippen LogP contribution is 2.25. The molecule has 0 fully saturated rings. The molecule has 2 aromatic heterocycles. The first-order valence-electron chi connectivity index (χ1n) is 5.70. The Balaban J connectivity index is 2.14. The highest BCUT2D eigenvalue weighted by molar-refractivity contribution is 5.87. The highest BCUT2D eigenvalue weighted by atomic mass is 16.5. The molecule has 96 valence electrons. The molecule has 3 rings (SSSR count). The number of carboxylic acids is 1. The fourth-order valence-corrected chi connectivity index (χ4v) is 1.98. The number of aryl methyl sites for hydroxylation is 2. The molecule has 6 heteroatoms. The van der Waals surface area contributed by atoms with Gasteiger partial charge in [0.2, 0.25) is 0 Å². The van der Waals surface area contributed by atoms with Crippen LogP contribution >= 0.6 is 0 Å². The molecule has 0 unspecified atom stereocenters. The van der Waals surface area contributed by atoms with Crippen LogP contribution in [0.25, 0.3) is 22.4 Å². The average Bonchev–Trinajstić information content (AvgIpc) is 2.96. The third-order valence-corrected chi connectivity index (χ3v) is 3.12. The van der Waals surface area contributed by atoms with E-state index < -0.39 is 5.97 Å². The molecule has 19 heavy (non-hydrogen) atoms. The average molecular weight is 257 g/mol. The summed E-state index contributed by atoms with van der Waals surface area (Å²) in [7, 11) is 1.93. The van der Waals surface area contributed by atoms with Crippen LogP contribution in [-0.2, 0) is 7.05 Å². The number of rotatable bonds is 2. The maximum absolute atomic E-state index is 10.8. The molecular weight excluding hydrogens is 246 g/mol. The first kappa shape index (κ1) is 11.5. The molecule has 0 aliphatic rings. The predicted octanol–water partition coefficient (Wildman–Crippen LogP) is 2.23. The van der Waals surface area contributed by atoms with Crippen molar-refractivity contribution in [2.24, 2.45) is 7.05 Å². The quantitative estimate of drug-likeness (QED) is 0.761. The summed E-state index contributed by atoms with van der Waals surface area (Å²) in [5.41, 5.74) is 2.52. The van der Waals surface area contributed by atoms with Crippen LogP contribution in [0.2, 0.25) is 0 Å². The van der Waals surface area contributed by atoms with E-state index in [4.69, 9.17) is 9.63 Å². The number of fused-ring (bicyclic) bond motifs is 1. The Morgan fingerprint density at radius 2 is 2.16 bits per heavy atom. The molecular formula is C13H11N3O3. The lowest BCUT2D eigenvalue weighted by Crippen LogP contribution is -1.94. The number of aromatic carboxylic acids is 1. The second-order valence-corrected chi connectivity index (χ2v) is 4.30. The molecule has 0 saturated carbocycles. The molecule has 0 spiro atoms. The van der Waals surface area contributed by atoms with Gasteiger partial charge in [0.05, 0.1) is 11.0 Å². The zero-order chi connectivity index (χ0) is 13.6. The minimum absolute atomic E-state index is 0.101. The van der Waals surface area contributed by atoms with Crippen molar-refractivity contribution >= 4 is 17.0 Å². The minimum Gasteiger partial charge on any atom is -0.476 e. The van der Waals surface area contributed by atoms with Crippen LogP contribution in [0.15, 0.2) is 28.8 Å². The van der Waals surface area contributed by atoms with Gasteiger partial charge in [-0.05, 0) is 25.1 Å². The lowest BCUT2D eigenvalue weighted by Gasteiger charge is -1.98. The topological polar surface area (TPSA) is 81.2 Å². The molecule has 6 nitrogen and oxygen atoms in total. The summed E-state index contributed by atoms with van der Waals surface area (Å²) in [6, 6.07) is 7.02. The van der Waals surface area contributed by atoms with Crippen molar-refractivity contribution in [3.8, 4) is 11.3 Å². The Morgan fingerprint density at radius 3 is 2.84 bits per heavy atom. The Kier molecular flexibility index (Phi) is 2.38. The van der Waals surface area contributed by atoms with Gasteiger partial charge >= 0.3 is 5.97 Å². The molecule has 0 amide bonds. The summed E-state index contributed by atoms with van der Waals surface area (Å²) in [6.45, 7) is 1.93. The number of hydrogen-bond donors (Lipinski definition) is 1. The van der Waals surface area contributed by atoms with E-state index in [0.717, 1.165) is 22.4 Å². The van der Waals surface area contributed by atoms with Gasteiger partial charge in [0.15, 0.2) is 11.5 Å². The van der Waals surface area contributed by atoms with E-state index in [1.165, 1.54) is 6.07 Å². The summed E-state index contributed by atoms with van der Waals surface area (Å²) in [6.07, 6.45) is 0. The van der Waals surface area contributed by atoms with E-state index in [0.29, 0.717) is 5.76 Å². The van der Waals surface area contributed by atoms with E-state index in [-0.39, 0.29) is 5.69 Å². The Morgan fingerprint density at radius 1 is 1.37 bits per heavy atom. The van der Waals surface area contributed by atoms with Crippen molar-refractivity contribution in [2.45, 2.75) is 6.92 Å². The normalized spacial score (nSPS) is 11.1. The van der Waals surface area contributed by atoms with Crippen LogP contribution < -0.4 is 0 Å². The predicted molar refractivity (Wildman–Crippen MR) is 67.9 cm³/mol. The van der Waals surface area contributed by atoms with Gasteiger partial charge in [-0.25, -0.2) is 9.78 Å². The molecule has 0 saturated heterocycles. The third kappa shape index (κ3) is 1.77. The van der Waals surface area contributed by atoms with Crippen LogP contribution in [0.4, 0.5) is 0 Å². The number of benzene rings is 1. The molecule has 0 bridgehead atoms. The van der Waals surface area contributed by atoms with Gasteiger partial charge in [-0.3, -0.25) is 0 Å². The van der Waals surface area contributed by atoms with Crippen molar-refractivity contribution in [2.75, 3.05) is 0 Å². The number of carbonyl (C=O) groups is 1. The molecule has 0 aliphatic carbocycles. The zero-order valence-corrected chi connectivity index (χ0v) is 10.4. The van der Waals surface area contributed by atoms with E-state index in [1.807, 2.05) is 36.7 Å². The third-order valence-electron chi connectivity index (χ3n) is 3.12. The molecule has 0 radical (unpaired) electrons. The van der Waals surface area contributed by atoms with Gasteiger partial charge in [-0.2, -0.15) is 0 Å². The number of aromatic nitrogens is 3. The Bertz CT molecular complexity index is 786. The number of nitrogens with zero attached hydrogens (tertiary/aromatic N) is 3. The van der Waals surface area contributed by atoms with Gasteiger partial charge < -0.3 is 14.2 Å². The fraction of sp³-hybridized carbons (Fsp3) is 0.154. The summed E-state index contributed by atoms with van der Waals surface area (Å²) in [5.74, 6) is 0.238. The molecule has 1 N–H and O–H groups in total. The summed E-state index contributed by atoms with van der Waals surface area (Å²) >= 11 is 0. The standard InChI is InChI=1S/C13H11N3O3/c1-7-14-9-4-3-8(5-11(9)16(7)2)12-6-10(13(17)18)15-19-12/h3-6H,1-2H3,(H,17,18). The van der Waals surface area contributed by atoms with Crippen LogP contribution in [0.1, 0.15) is 16.3 Å². The van der Waals surface area contributed by atoms with E-state index in [2.05, 4.69) is 10.1 Å². The molecule has 2 heterocycles. The number of hydrogen-bond acceptors (Lipinski definition) is 4. The zero-order valence-electron chi connectivity index (χ0n) is 10.4. The van der Waals surface area contributed by atoms with Crippen molar-refractivity contribution in [1.82, 2.24) is 14.7 Å². The first-order chi connectivity index (χ1) is 9.06. The van der Waals surface area contributed by atoms with Crippen molar-refractivity contribution < 1.29 is 14.4 Å². The Hall–Kier alpha value is -2.63. The smallest absolute Gasteiger partial charge is 0.358 e. The summed E-state index contributed by atoms with van der Waals surface area (Å²) < 4.78 is 7.01. The SMILES string of the molecule is Cc1nc2ccc(-c3cc(C(=O)O)no3)cc2n1C. The fourth-order valence-electron chi connectivity index (χ4n) is 1.98. The second-order valence-electron chi connectivity index (χ2n) is 4.30. The minimum atomic E-state index is -1.10. The maximum Gasteiger partial charge on any atom is 0.358 e. The van der Waals surface area contributed by atoms with Crippen LogP contribution in [0, 0.1) is 6.92 Å². The van der Waals surface area contributed by atoms with Gasteiger partial charge in [-0.1, -0.05) is 5.16 Å². The van der Waals surface area contributed by atoms with Crippen molar-refractivity contribution in [3.05, 3.63) is 35.8 Å². The largest absolute Gasteiger partial charge is 0.476 e. The van der Waals surface area contributed by atoms with Crippen LogP contribution in [0.5, 0.6) is 0 Å². The summed E-state index contributed by atoms with van der Waals surface area (Å²) in [5, 5.41) is 12.3.